The quantitative estimate of drug-likeness (QED) is 0.567. The van der Waals surface area contributed by atoms with Gasteiger partial charge in [0.25, 0.3) is 5.69 Å². The molecule has 0 saturated carbocycles. The van der Waals surface area contributed by atoms with Crippen LogP contribution in [0.15, 0.2) is 23.1 Å². The maximum atomic E-state index is 12.3. The predicted octanol–water partition coefficient (Wildman–Crippen LogP) is 2.49. The number of nitro groups is 1. The second kappa shape index (κ2) is 7.37. The Hall–Kier alpha value is -1.67. The van der Waals surface area contributed by atoms with Crippen LogP contribution in [0.4, 0.5) is 11.4 Å². The van der Waals surface area contributed by atoms with Crippen LogP contribution in [-0.4, -0.2) is 25.9 Å². The van der Waals surface area contributed by atoms with E-state index < -0.39 is 14.9 Å². The molecule has 0 radical (unpaired) electrons. The fraction of sp³-hybridized carbons (Fsp3) is 0.538. The minimum Gasteiger partial charge on any atom is -0.380 e. The van der Waals surface area contributed by atoms with Crippen molar-refractivity contribution in [1.29, 1.82) is 0 Å². The summed E-state index contributed by atoms with van der Waals surface area (Å²) in [6.07, 6.45) is 1.32. The third kappa shape index (κ3) is 4.40. The number of sulfonamides is 1. The Balaban J connectivity index is 3.19. The van der Waals surface area contributed by atoms with E-state index in [9.17, 15) is 18.5 Å². The van der Waals surface area contributed by atoms with Crippen molar-refractivity contribution in [3.05, 3.63) is 28.3 Å². The van der Waals surface area contributed by atoms with E-state index in [2.05, 4.69) is 10.0 Å². The number of nitro benzene ring substituents is 1. The summed E-state index contributed by atoms with van der Waals surface area (Å²) in [5, 5.41) is 13.9. The average molecular weight is 315 g/mol. The summed E-state index contributed by atoms with van der Waals surface area (Å²) in [6, 6.07) is 3.70. The van der Waals surface area contributed by atoms with Gasteiger partial charge in [-0.15, -0.1) is 0 Å². The van der Waals surface area contributed by atoms with Crippen molar-refractivity contribution < 1.29 is 13.3 Å². The molecule has 2 N–H and O–H groups in total. The third-order valence-corrected chi connectivity index (χ3v) is 4.67. The van der Waals surface area contributed by atoms with Crippen LogP contribution >= 0.6 is 0 Å². The molecule has 0 saturated heterocycles. The first-order chi connectivity index (χ1) is 9.85. The zero-order valence-electron chi connectivity index (χ0n) is 12.4. The topological polar surface area (TPSA) is 101 Å². The lowest BCUT2D eigenvalue weighted by Gasteiger charge is -2.15. The SMILES string of the molecule is CCNc1ccc(S(=O)(=O)NC(CC)CC)cc1[N+](=O)[O-]. The second-order valence-corrected chi connectivity index (χ2v) is 6.32. The summed E-state index contributed by atoms with van der Waals surface area (Å²) < 4.78 is 27.1. The van der Waals surface area contributed by atoms with E-state index in [-0.39, 0.29) is 16.6 Å². The monoisotopic (exact) mass is 315 g/mol. The first kappa shape index (κ1) is 17.4. The molecule has 21 heavy (non-hydrogen) atoms. The number of anilines is 1. The van der Waals surface area contributed by atoms with Crippen LogP contribution < -0.4 is 10.0 Å². The Labute approximate surface area is 124 Å². The minimum atomic E-state index is -3.75. The molecule has 0 bridgehead atoms. The summed E-state index contributed by atoms with van der Waals surface area (Å²) in [5.41, 5.74) is 0.0632. The highest BCUT2D eigenvalue weighted by Gasteiger charge is 2.22. The van der Waals surface area contributed by atoms with E-state index in [0.717, 1.165) is 6.07 Å². The lowest BCUT2D eigenvalue weighted by Crippen LogP contribution is -2.33. The van der Waals surface area contributed by atoms with Gasteiger partial charge in [-0.25, -0.2) is 13.1 Å². The van der Waals surface area contributed by atoms with Gasteiger partial charge in [-0.2, -0.15) is 0 Å². The Morgan fingerprint density at radius 3 is 2.33 bits per heavy atom. The molecule has 0 spiro atoms. The van der Waals surface area contributed by atoms with Crippen LogP contribution in [0.3, 0.4) is 0 Å². The van der Waals surface area contributed by atoms with Crippen LogP contribution in [0.25, 0.3) is 0 Å². The molecule has 0 aliphatic rings. The van der Waals surface area contributed by atoms with Crippen molar-refractivity contribution >= 4 is 21.4 Å². The van der Waals surface area contributed by atoms with Crippen LogP contribution in [-0.2, 0) is 10.0 Å². The Bertz CT molecular complexity index is 597. The minimum absolute atomic E-state index is 0.0947. The van der Waals surface area contributed by atoms with Gasteiger partial charge in [0.2, 0.25) is 10.0 Å². The summed E-state index contributed by atoms with van der Waals surface area (Å²) >= 11 is 0. The second-order valence-electron chi connectivity index (χ2n) is 4.60. The fourth-order valence-electron chi connectivity index (χ4n) is 1.91. The lowest BCUT2D eigenvalue weighted by atomic mass is 10.2. The van der Waals surface area contributed by atoms with Crippen molar-refractivity contribution in [2.75, 3.05) is 11.9 Å². The zero-order chi connectivity index (χ0) is 16.0. The van der Waals surface area contributed by atoms with E-state index in [0.29, 0.717) is 25.1 Å². The molecule has 7 nitrogen and oxygen atoms in total. The Morgan fingerprint density at radius 2 is 1.86 bits per heavy atom. The maximum absolute atomic E-state index is 12.3. The summed E-state index contributed by atoms with van der Waals surface area (Å²) in [4.78, 5) is 10.4. The molecule has 1 rings (SSSR count). The van der Waals surface area contributed by atoms with Gasteiger partial charge in [-0.1, -0.05) is 13.8 Å². The van der Waals surface area contributed by atoms with Crippen LogP contribution in [0, 0.1) is 10.1 Å². The normalized spacial score (nSPS) is 11.6. The van der Waals surface area contributed by atoms with Gasteiger partial charge in [0.15, 0.2) is 0 Å². The average Bonchev–Trinajstić information content (AvgIpc) is 2.45. The van der Waals surface area contributed by atoms with Crippen molar-refractivity contribution in [1.82, 2.24) is 4.72 Å². The van der Waals surface area contributed by atoms with Gasteiger partial charge >= 0.3 is 0 Å². The largest absolute Gasteiger partial charge is 0.380 e. The van der Waals surface area contributed by atoms with Crippen molar-refractivity contribution in [3.63, 3.8) is 0 Å². The molecule has 0 aliphatic heterocycles. The molecule has 0 atom stereocenters. The van der Waals surface area contributed by atoms with Gasteiger partial charge in [0.1, 0.15) is 5.69 Å². The molecular weight excluding hydrogens is 294 g/mol. The molecular formula is C13H21N3O4S. The molecule has 8 heteroatoms. The van der Waals surface area contributed by atoms with E-state index in [1.54, 1.807) is 0 Å². The number of rotatable bonds is 8. The molecule has 1 aromatic rings. The van der Waals surface area contributed by atoms with Gasteiger partial charge in [0.05, 0.1) is 9.82 Å². The molecule has 0 unspecified atom stereocenters. The number of hydrogen-bond donors (Lipinski definition) is 2. The van der Waals surface area contributed by atoms with E-state index >= 15 is 0 Å². The molecule has 0 fully saturated rings. The number of nitrogens with one attached hydrogen (secondary N) is 2. The Morgan fingerprint density at radius 1 is 1.24 bits per heavy atom. The molecule has 0 aliphatic carbocycles. The van der Waals surface area contributed by atoms with E-state index in [4.69, 9.17) is 0 Å². The van der Waals surface area contributed by atoms with Gasteiger partial charge in [-0.3, -0.25) is 10.1 Å². The first-order valence-electron chi connectivity index (χ1n) is 6.90. The van der Waals surface area contributed by atoms with Gasteiger partial charge < -0.3 is 5.32 Å². The van der Waals surface area contributed by atoms with Crippen molar-refractivity contribution in [3.8, 4) is 0 Å². The molecule has 118 valence electrons. The fourth-order valence-corrected chi connectivity index (χ4v) is 3.33. The van der Waals surface area contributed by atoms with E-state index in [1.807, 2.05) is 20.8 Å². The predicted molar refractivity (Wildman–Crippen MR) is 82.0 cm³/mol. The highest BCUT2D eigenvalue weighted by atomic mass is 32.2. The summed E-state index contributed by atoms with van der Waals surface area (Å²) in [7, 11) is -3.75. The molecule has 0 heterocycles. The Kier molecular flexibility index (Phi) is 6.10. The maximum Gasteiger partial charge on any atom is 0.293 e. The lowest BCUT2D eigenvalue weighted by molar-refractivity contribution is -0.384. The van der Waals surface area contributed by atoms with Crippen LogP contribution in [0.1, 0.15) is 33.6 Å². The third-order valence-electron chi connectivity index (χ3n) is 3.15. The standard InChI is InChI=1S/C13H21N3O4S/c1-4-10(5-2)15-21(19,20)11-7-8-12(14-6-3)13(9-11)16(17)18/h7-10,14-15H,4-6H2,1-3H3. The first-order valence-corrected chi connectivity index (χ1v) is 8.38. The molecule has 1 aromatic carbocycles. The van der Waals surface area contributed by atoms with Crippen LogP contribution in [0.2, 0.25) is 0 Å². The van der Waals surface area contributed by atoms with Crippen molar-refractivity contribution in [2.24, 2.45) is 0 Å². The smallest absolute Gasteiger partial charge is 0.293 e. The van der Waals surface area contributed by atoms with Crippen LogP contribution in [0.5, 0.6) is 0 Å². The highest BCUT2D eigenvalue weighted by Crippen LogP contribution is 2.27. The summed E-state index contributed by atoms with van der Waals surface area (Å²) in [6.45, 7) is 6.09. The highest BCUT2D eigenvalue weighted by molar-refractivity contribution is 7.89. The van der Waals surface area contributed by atoms with Crippen molar-refractivity contribution in [2.45, 2.75) is 44.6 Å². The summed E-state index contributed by atoms with van der Waals surface area (Å²) in [5.74, 6) is 0. The number of nitrogens with zero attached hydrogens (tertiary/aromatic N) is 1. The number of hydrogen-bond acceptors (Lipinski definition) is 5. The van der Waals surface area contributed by atoms with Gasteiger partial charge in [-0.05, 0) is 31.9 Å². The zero-order valence-corrected chi connectivity index (χ0v) is 13.2. The van der Waals surface area contributed by atoms with E-state index in [1.165, 1.54) is 12.1 Å². The number of benzene rings is 1. The molecule has 0 aromatic heterocycles. The molecule has 0 amide bonds. The van der Waals surface area contributed by atoms with Gasteiger partial charge in [0, 0.05) is 18.7 Å².